The fourth-order valence-electron chi connectivity index (χ4n) is 6.45. The number of hydrogen-bond donors (Lipinski definition) is 1. The van der Waals surface area contributed by atoms with Crippen LogP contribution in [0.2, 0.25) is 0 Å². The first-order chi connectivity index (χ1) is 20.6. The van der Waals surface area contributed by atoms with Crippen molar-refractivity contribution in [2.75, 3.05) is 25.8 Å². The molecule has 1 aliphatic carbocycles. The van der Waals surface area contributed by atoms with Crippen LogP contribution in [0, 0.1) is 5.92 Å². The van der Waals surface area contributed by atoms with Gasteiger partial charge in [-0.15, -0.1) is 0 Å². The van der Waals surface area contributed by atoms with Gasteiger partial charge in [0.1, 0.15) is 11.7 Å². The van der Waals surface area contributed by atoms with Gasteiger partial charge >= 0.3 is 5.97 Å². The van der Waals surface area contributed by atoms with Crippen LogP contribution >= 0.6 is 0 Å². The van der Waals surface area contributed by atoms with Gasteiger partial charge in [0.15, 0.2) is 17.3 Å². The van der Waals surface area contributed by atoms with Crippen LogP contribution in [0.3, 0.4) is 0 Å². The van der Waals surface area contributed by atoms with Gasteiger partial charge in [0.2, 0.25) is 6.79 Å². The number of fused-ring (bicyclic) bond motifs is 4. The number of carbonyl (C=O) groups is 2. The largest absolute Gasteiger partial charge is 0.494 e. The van der Waals surface area contributed by atoms with E-state index in [0.29, 0.717) is 30.1 Å². The Hall–Kier alpha value is -4.85. The molecule has 3 aliphatic rings. The maximum atomic E-state index is 14.6. The molecule has 1 N–H and O–H groups in total. The highest BCUT2D eigenvalue weighted by molar-refractivity contribution is 6.13. The molecular weight excluding hydrogens is 532 g/mol. The number of ketones is 1. The van der Waals surface area contributed by atoms with Crippen LogP contribution in [0.1, 0.15) is 48.3 Å². The lowest BCUT2D eigenvalue weighted by molar-refractivity contribution is -0.149. The first kappa shape index (κ1) is 26.1. The predicted molar refractivity (Wildman–Crippen MR) is 157 cm³/mol. The molecule has 3 unspecified atom stereocenters. The Morgan fingerprint density at radius 1 is 1.02 bits per heavy atom. The van der Waals surface area contributed by atoms with Crippen molar-refractivity contribution in [3.8, 4) is 17.2 Å². The van der Waals surface area contributed by atoms with Crippen molar-refractivity contribution in [1.29, 1.82) is 0 Å². The van der Waals surface area contributed by atoms with Gasteiger partial charge in [-0.1, -0.05) is 31.2 Å². The van der Waals surface area contributed by atoms with E-state index in [4.69, 9.17) is 18.9 Å². The first-order valence-electron chi connectivity index (χ1n) is 14.2. The minimum absolute atomic E-state index is 0.142. The molecule has 2 aliphatic heterocycles. The SMILES string of the molecule is CCCOc1ccc(C2C3=C(CC(c4ccc5c(c4)OCO5)C(C(=O)OC)C3=O)Nc3ccc4ncccc4c32)cc1. The average Bonchev–Trinajstić information content (AvgIpc) is 3.50. The summed E-state index contributed by atoms with van der Waals surface area (Å²) >= 11 is 0. The Morgan fingerprint density at radius 3 is 2.64 bits per heavy atom. The molecule has 212 valence electrons. The number of Topliss-reactive ketones (excluding diaryl/α,β-unsaturated/α-hetero) is 1. The standard InChI is InChI=1S/C34H30N2O6/c1-3-15-40-21-9-6-19(7-10-21)29-30-22-5-4-14-35-24(22)11-12-25(30)36-26-17-23(31(34(38)39-2)33(37)32(26)29)20-8-13-27-28(16-20)42-18-41-27/h4-14,16,23,29,31,36H,3,15,17-18H2,1-2H3. The molecule has 3 aromatic carbocycles. The van der Waals surface area contributed by atoms with E-state index in [1.807, 2.05) is 66.7 Å². The summed E-state index contributed by atoms with van der Waals surface area (Å²) in [6.07, 6.45) is 3.12. The Labute approximate surface area is 243 Å². The third kappa shape index (κ3) is 4.26. The van der Waals surface area contributed by atoms with Crippen molar-refractivity contribution >= 4 is 28.3 Å². The number of pyridine rings is 1. The maximum Gasteiger partial charge on any atom is 0.317 e. The Bertz CT molecular complexity index is 1750. The van der Waals surface area contributed by atoms with Crippen LogP contribution in [0.15, 0.2) is 84.2 Å². The van der Waals surface area contributed by atoms with Gasteiger partial charge in [-0.25, -0.2) is 0 Å². The highest BCUT2D eigenvalue weighted by atomic mass is 16.7. The molecule has 0 saturated carbocycles. The molecule has 7 rings (SSSR count). The molecule has 4 aromatic rings. The lowest BCUT2D eigenvalue weighted by Gasteiger charge is -2.39. The maximum absolute atomic E-state index is 14.6. The number of methoxy groups -OCH3 is 1. The van der Waals surface area contributed by atoms with Crippen LogP contribution in [0.25, 0.3) is 10.9 Å². The van der Waals surface area contributed by atoms with E-state index in [2.05, 4.69) is 17.2 Å². The molecule has 3 atom stereocenters. The van der Waals surface area contributed by atoms with E-state index in [1.54, 1.807) is 6.20 Å². The minimum atomic E-state index is -1.01. The second-order valence-electron chi connectivity index (χ2n) is 10.8. The number of allylic oxidation sites excluding steroid dienone is 2. The van der Waals surface area contributed by atoms with Crippen molar-refractivity contribution in [2.24, 2.45) is 5.92 Å². The van der Waals surface area contributed by atoms with Gasteiger partial charge < -0.3 is 24.3 Å². The van der Waals surface area contributed by atoms with E-state index in [0.717, 1.165) is 51.1 Å². The Kier molecular flexibility index (Phi) is 6.53. The number of rotatable bonds is 6. The lowest BCUT2D eigenvalue weighted by Crippen LogP contribution is -2.40. The summed E-state index contributed by atoms with van der Waals surface area (Å²) in [5.74, 6) is -0.655. The lowest BCUT2D eigenvalue weighted by atomic mass is 9.66. The van der Waals surface area contributed by atoms with Crippen molar-refractivity contribution in [1.82, 2.24) is 4.98 Å². The quantitative estimate of drug-likeness (QED) is 0.222. The van der Waals surface area contributed by atoms with Crippen molar-refractivity contribution in [2.45, 2.75) is 31.6 Å². The zero-order chi connectivity index (χ0) is 28.8. The van der Waals surface area contributed by atoms with Crippen molar-refractivity contribution in [3.05, 3.63) is 101 Å². The van der Waals surface area contributed by atoms with Gasteiger partial charge in [-0.2, -0.15) is 0 Å². The van der Waals surface area contributed by atoms with Crippen molar-refractivity contribution < 1.29 is 28.5 Å². The normalized spacial score (nSPS) is 20.5. The first-order valence-corrected chi connectivity index (χ1v) is 14.2. The molecule has 42 heavy (non-hydrogen) atoms. The number of carbonyl (C=O) groups excluding carboxylic acids is 2. The summed E-state index contributed by atoms with van der Waals surface area (Å²) < 4.78 is 22.2. The number of anilines is 1. The third-order valence-corrected chi connectivity index (χ3v) is 8.36. The second-order valence-corrected chi connectivity index (χ2v) is 10.8. The number of ether oxygens (including phenoxy) is 4. The number of benzene rings is 3. The van der Waals surface area contributed by atoms with Crippen LogP contribution < -0.4 is 19.5 Å². The van der Waals surface area contributed by atoms with E-state index in [-0.39, 0.29) is 12.6 Å². The van der Waals surface area contributed by atoms with Gasteiger partial charge in [0.05, 0.1) is 19.2 Å². The van der Waals surface area contributed by atoms with E-state index in [9.17, 15) is 9.59 Å². The van der Waals surface area contributed by atoms with Gasteiger partial charge in [-0.05, 0) is 72.0 Å². The Morgan fingerprint density at radius 2 is 1.83 bits per heavy atom. The number of nitrogens with zero attached hydrogens (tertiary/aromatic N) is 1. The third-order valence-electron chi connectivity index (χ3n) is 8.36. The number of nitrogens with one attached hydrogen (secondary N) is 1. The zero-order valence-electron chi connectivity index (χ0n) is 23.4. The topological polar surface area (TPSA) is 96.0 Å². The molecule has 8 heteroatoms. The van der Waals surface area contributed by atoms with E-state index in [1.165, 1.54) is 7.11 Å². The highest BCUT2D eigenvalue weighted by Gasteiger charge is 2.48. The van der Waals surface area contributed by atoms with E-state index >= 15 is 0 Å². The van der Waals surface area contributed by atoms with Crippen LogP contribution in [-0.4, -0.2) is 37.2 Å². The molecule has 0 saturated heterocycles. The number of esters is 1. The average molecular weight is 563 g/mol. The number of aromatic nitrogens is 1. The molecule has 0 radical (unpaired) electrons. The summed E-state index contributed by atoms with van der Waals surface area (Å²) in [6.45, 7) is 2.83. The van der Waals surface area contributed by atoms with Gasteiger partial charge in [0, 0.05) is 40.4 Å². The number of hydrogen-bond acceptors (Lipinski definition) is 8. The van der Waals surface area contributed by atoms with E-state index < -0.39 is 23.7 Å². The summed E-state index contributed by atoms with van der Waals surface area (Å²) in [5.41, 5.74) is 5.84. The molecule has 0 fully saturated rings. The molecule has 0 amide bonds. The fourth-order valence-corrected chi connectivity index (χ4v) is 6.45. The van der Waals surface area contributed by atoms with Gasteiger partial charge in [0.25, 0.3) is 0 Å². The summed E-state index contributed by atoms with van der Waals surface area (Å²) in [6, 6.07) is 21.4. The Balaban J connectivity index is 1.40. The highest BCUT2D eigenvalue weighted by Crippen LogP contribution is 2.52. The second kappa shape index (κ2) is 10.5. The van der Waals surface area contributed by atoms with Crippen LogP contribution in [0.4, 0.5) is 5.69 Å². The monoisotopic (exact) mass is 562 g/mol. The summed E-state index contributed by atoms with van der Waals surface area (Å²) in [4.78, 5) is 32.5. The van der Waals surface area contributed by atoms with Crippen LogP contribution in [0.5, 0.6) is 17.2 Å². The molecule has 0 bridgehead atoms. The zero-order valence-corrected chi connectivity index (χ0v) is 23.4. The fraction of sp³-hybridized carbons (Fsp3) is 0.265. The van der Waals surface area contributed by atoms with Gasteiger partial charge in [-0.3, -0.25) is 14.6 Å². The molecule has 8 nitrogen and oxygen atoms in total. The summed E-state index contributed by atoms with van der Waals surface area (Å²) in [7, 11) is 1.33. The summed E-state index contributed by atoms with van der Waals surface area (Å²) in [5, 5.41) is 4.54. The molecule has 3 heterocycles. The minimum Gasteiger partial charge on any atom is -0.494 e. The molecule has 1 aromatic heterocycles. The molecule has 0 spiro atoms. The predicted octanol–water partition coefficient (Wildman–Crippen LogP) is 6.11. The smallest absolute Gasteiger partial charge is 0.317 e. The molecular formula is C34H30N2O6. The van der Waals surface area contributed by atoms with Crippen molar-refractivity contribution in [3.63, 3.8) is 0 Å². The van der Waals surface area contributed by atoms with Crippen LogP contribution in [-0.2, 0) is 14.3 Å².